The van der Waals surface area contributed by atoms with Crippen molar-refractivity contribution < 1.29 is 9.59 Å². The molecule has 0 fully saturated rings. The molecule has 0 saturated carbocycles. The van der Waals surface area contributed by atoms with Gasteiger partial charge in [0.15, 0.2) is 0 Å². The number of hydrogen-bond donors (Lipinski definition) is 1. The van der Waals surface area contributed by atoms with E-state index in [0.717, 1.165) is 32.7 Å². The van der Waals surface area contributed by atoms with Crippen molar-refractivity contribution in [1.29, 1.82) is 0 Å². The molecule has 0 bridgehead atoms. The van der Waals surface area contributed by atoms with E-state index in [2.05, 4.69) is 21.2 Å². The average molecular weight is 602 g/mol. The number of rotatable bonds is 13. The first-order valence-electron chi connectivity index (χ1n) is 12.6. The number of amides is 2. The summed E-state index contributed by atoms with van der Waals surface area (Å²) in [4.78, 5) is 30.1. The highest BCUT2D eigenvalue weighted by molar-refractivity contribution is 9.10. The number of carbonyl (C=O) groups excluding carboxylic acids is 2. The van der Waals surface area contributed by atoms with Crippen LogP contribution in [0.3, 0.4) is 0 Å². The van der Waals surface area contributed by atoms with Crippen LogP contribution in [-0.2, 0) is 22.6 Å². The lowest BCUT2D eigenvalue weighted by atomic mass is 10.0. The summed E-state index contributed by atoms with van der Waals surface area (Å²) in [6, 6.07) is 25.0. The minimum absolute atomic E-state index is 0.0167. The molecule has 3 rings (SSSR count). The summed E-state index contributed by atoms with van der Waals surface area (Å²) in [5, 5.41) is 3.83. The summed E-state index contributed by atoms with van der Waals surface area (Å²) in [5.74, 6) is 0.676. The van der Waals surface area contributed by atoms with Crippen LogP contribution in [0.2, 0.25) is 5.02 Å². The Morgan fingerprint density at radius 2 is 1.70 bits per heavy atom. The highest BCUT2D eigenvalue weighted by atomic mass is 79.9. The molecular formula is C30H34BrClN2O2S. The van der Waals surface area contributed by atoms with Gasteiger partial charge in [0.1, 0.15) is 6.04 Å². The third-order valence-corrected chi connectivity index (χ3v) is 7.97. The minimum Gasteiger partial charge on any atom is -0.352 e. The van der Waals surface area contributed by atoms with E-state index in [4.69, 9.17) is 11.6 Å². The summed E-state index contributed by atoms with van der Waals surface area (Å²) in [6.07, 6.45) is 2.37. The Kier molecular flexibility index (Phi) is 12.0. The summed E-state index contributed by atoms with van der Waals surface area (Å²) < 4.78 is 0.945. The van der Waals surface area contributed by atoms with E-state index >= 15 is 0 Å². The van der Waals surface area contributed by atoms with E-state index in [0.29, 0.717) is 30.8 Å². The van der Waals surface area contributed by atoms with Crippen molar-refractivity contribution in [2.75, 3.05) is 5.75 Å². The zero-order chi connectivity index (χ0) is 26.6. The molecule has 0 saturated heterocycles. The molecule has 0 unspecified atom stereocenters. The molecule has 0 radical (unpaired) electrons. The first kappa shape index (κ1) is 29.3. The fourth-order valence-electron chi connectivity index (χ4n) is 3.91. The number of nitrogens with zero attached hydrogens (tertiary/aromatic N) is 1. The lowest BCUT2D eigenvalue weighted by molar-refractivity contribution is -0.141. The van der Waals surface area contributed by atoms with Crippen LogP contribution < -0.4 is 5.32 Å². The first-order chi connectivity index (χ1) is 17.9. The van der Waals surface area contributed by atoms with Gasteiger partial charge in [-0.25, -0.2) is 0 Å². The van der Waals surface area contributed by atoms with Crippen molar-refractivity contribution >= 4 is 51.1 Å². The van der Waals surface area contributed by atoms with Gasteiger partial charge in [0.05, 0.1) is 0 Å². The smallest absolute Gasteiger partial charge is 0.243 e. The quantitative estimate of drug-likeness (QED) is 0.163. The van der Waals surface area contributed by atoms with Crippen LogP contribution in [0.1, 0.15) is 44.2 Å². The van der Waals surface area contributed by atoms with Gasteiger partial charge < -0.3 is 10.2 Å². The fourth-order valence-corrected chi connectivity index (χ4v) is 5.34. The SMILES string of the molecule is CC[C@H](C)NC(=O)[C@H](Cc1ccccc1)N(Cc1cccc(Br)c1)C(=O)CCCSc1ccc(Cl)cc1. The van der Waals surface area contributed by atoms with Gasteiger partial charge in [0, 0.05) is 39.8 Å². The summed E-state index contributed by atoms with van der Waals surface area (Å²) in [6.45, 7) is 4.40. The van der Waals surface area contributed by atoms with E-state index in [-0.39, 0.29) is 17.9 Å². The predicted molar refractivity (Wildman–Crippen MR) is 158 cm³/mol. The molecule has 37 heavy (non-hydrogen) atoms. The van der Waals surface area contributed by atoms with Gasteiger partial charge in [-0.05, 0) is 73.0 Å². The Balaban J connectivity index is 1.79. The van der Waals surface area contributed by atoms with Crippen LogP contribution in [0.5, 0.6) is 0 Å². The zero-order valence-electron chi connectivity index (χ0n) is 21.3. The monoisotopic (exact) mass is 600 g/mol. The highest BCUT2D eigenvalue weighted by Crippen LogP contribution is 2.23. The largest absolute Gasteiger partial charge is 0.352 e. The van der Waals surface area contributed by atoms with Crippen molar-refractivity contribution in [2.45, 2.75) is 63.1 Å². The van der Waals surface area contributed by atoms with Crippen LogP contribution in [0.4, 0.5) is 0 Å². The lowest BCUT2D eigenvalue weighted by Gasteiger charge is -2.32. The molecule has 1 N–H and O–H groups in total. The van der Waals surface area contributed by atoms with Crippen molar-refractivity contribution in [1.82, 2.24) is 10.2 Å². The van der Waals surface area contributed by atoms with Gasteiger partial charge in [0.25, 0.3) is 0 Å². The second kappa shape index (κ2) is 15.2. The molecule has 0 aliphatic heterocycles. The van der Waals surface area contributed by atoms with E-state index in [1.807, 2.05) is 92.7 Å². The Labute approximate surface area is 238 Å². The van der Waals surface area contributed by atoms with Gasteiger partial charge in [-0.15, -0.1) is 11.8 Å². The van der Waals surface area contributed by atoms with Gasteiger partial charge in [-0.2, -0.15) is 0 Å². The van der Waals surface area contributed by atoms with Gasteiger partial charge in [-0.3, -0.25) is 9.59 Å². The molecule has 4 nitrogen and oxygen atoms in total. The van der Waals surface area contributed by atoms with Gasteiger partial charge in [-0.1, -0.05) is 76.9 Å². The molecule has 0 aliphatic carbocycles. The number of hydrogen-bond acceptors (Lipinski definition) is 3. The number of benzene rings is 3. The summed E-state index contributed by atoms with van der Waals surface area (Å²) in [7, 11) is 0. The third-order valence-electron chi connectivity index (χ3n) is 6.13. The number of thioether (sulfide) groups is 1. The van der Waals surface area contributed by atoms with Gasteiger partial charge >= 0.3 is 0 Å². The number of nitrogens with one attached hydrogen (secondary N) is 1. The topological polar surface area (TPSA) is 49.4 Å². The first-order valence-corrected chi connectivity index (χ1v) is 14.8. The highest BCUT2D eigenvalue weighted by Gasteiger charge is 2.30. The van der Waals surface area contributed by atoms with E-state index < -0.39 is 6.04 Å². The molecule has 7 heteroatoms. The maximum atomic E-state index is 13.7. The van der Waals surface area contributed by atoms with E-state index in [1.165, 1.54) is 0 Å². The second-order valence-electron chi connectivity index (χ2n) is 9.08. The Morgan fingerprint density at radius 1 is 1.00 bits per heavy atom. The fraction of sp³-hybridized carbons (Fsp3) is 0.333. The van der Waals surface area contributed by atoms with Crippen molar-refractivity contribution in [3.05, 3.63) is 99.5 Å². The summed E-state index contributed by atoms with van der Waals surface area (Å²) in [5.41, 5.74) is 2.00. The van der Waals surface area contributed by atoms with Crippen LogP contribution in [0, 0.1) is 0 Å². The normalized spacial score (nSPS) is 12.5. The van der Waals surface area contributed by atoms with Gasteiger partial charge in [0.2, 0.25) is 11.8 Å². The summed E-state index contributed by atoms with van der Waals surface area (Å²) >= 11 is 11.2. The van der Waals surface area contributed by atoms with Crippen molar-refractivity contribution in [3.63, 3.8) is 0 Å². The third kappa shape index (κ3) is 9.84. The van der Waals surface area contributed by atoms with Crippen LogP contribution in [0.25, 0.3) is 0 Å². The van der Waals surface area contributed by atoms with Crippen molar-refractivity contribution in [2.24, 2.45) is 0 Å². The van der Waals surface area contributed by atoms with E-state index in [9.17, 15) is 9.59 Å². The van der Waals surface area contributed by atoms with E-state index in [1.54, 1.807) is 16.7 Å². The maximum absolute atomic E-state index is 13.7. The number of carbonyl (C=O) groups is 2. The van der Waals surface area contributed by atoms with Crippen molar-refractivity contribution in [3.8, 4) is 0 Å². The molecule has 196 valence electrons. The van der Waals surface area contributed by atoms with Crippen LogP contribution in [0.15, 0.2) is 88.2 Å². The number of halogens is 2. The standard InChI is InChI=1S/C30H34BrClN2O2S/c1-3-22(2)33-30(36)28(20-23-9-5-4-6-10-23)34(21-24-11-7-12-25(31)19-24)29(35)13-8-18-37-27-16-14-26(32)15-17-27/h4-7,9-12,14-17,19,22,28H,3,8,13,18,20-21H2,1-2H3,(H,33,36)/t22-,28-/m0/s1. The Bertz CT molecular complexity index is 1140. The molecule has 0 heterocycles. The average Bonchev–Trinajstić information content (AvgIpc) is 2.90. The van der Waals surface area contributed by atoms with Crippen LogP contribution >= 0.6 is 39.3 Å². The lowest BCUT2D eigenvalue weighted by Crippen LogP contribution is -2.52. The zero-order valence-corrected chi connectivity index (χ0v) is 24.5. The predicted octanol–water partition coefficient (Wildman–Crippen LogP) is 7.53. The molecule has 0 aromatic heterocycles. The molecule has 2 amide bonds. The Hall–Kier alpha value is -2.28. The minimum atomic E-state index is -0.605. The molecule has 0 spiro atoms. The van der Waals surface area contributed by atoms with Crippen LogP contribution in [-0.4, -0.2) is 34.6 Å². The maximum Gasteiger partial charge on any atom is 0.243 e. The molecule has 3 aromatic rings. The molecule has 2 atom stereocenters. The Morgan fingerprint density at radius 3 is 2.38 bits per heavy atom. The second-order valence-corrected chi connectivity index (χ2v) is 11.6. The molecular weight excluding hydrogens is 568 g/mol. The molecule has 3 aromatic carbocycles. The molecule has 0 aliphatic rings.